The second kappa shape index (κ2) is 9.31. The molecule has 176 valence electrons. The SMILES string of the molecule is CCn1c2ccc(C(=O)c3ccc(N(C)C)cc3C)cc2c2cc(/C(C)=N/OC(C)O)ccc21. The maximum atomic E-state index is 13.4. The van der Waals surface area contributed by atoms with E-state index in [0.29, 0.717) is 16.8 Å². The monoisotopic (exact) mass is 457 g/mol. The molecule has 0 radical (unpaired) electrons. The molecule has 0 saturated heterocycles. The van der Waals surface area contributed by atoms with E-state index in [1.165, 1.54) is 6.92 Å². The number of oxime groups is 1. The maximum Gasteiger partial charge on any atom is 0.221 e. The van der Waals surface area contributed by atoms with E-state index in [2.05, 4.69) is 28.8 Å². The molecule has 0 amide bonds. The van der Waals surface area contributed by atoms with Gasteiger partial charge in [-0.2, -0.15) is 0 Å². The van der Waals surface area contributed by atoms with Crippen molar-refractivity contribution in [3.8, 4) is 0 Å². The number of rotatable bonds is 7. The van der Waals surface area contributed by atoms with E-state index in [1.807, 2.05) is 75.3 Å². The lowest BCUT2D eigenvalue weighted by atomic mass is 9.97. The number of carbonyl (C=O) groups excluding carboxylic acids is 1. The van der Waals surface area contributed by atoms with Gasteiger partial charge in [-0.15, -0.1) is 0 Å². The molecular formula is C28H31N3O3. The molecule has 6 heteroatoms. The number of ketones is 1. The van der Waals surface area contributed by atoms with Gasteiger partial charge in [-0.3, -0.25) is 4.79 Å². The minimum atomic E-state index is -0.968. The van der Waals surface area contributed by atoms with Gasteiger partial charge in [-0.1, -0.05) is 11.2 Å². The van der Waals surface area contributed by atoms with Crippen LogP contribution in [0.15, 0.2) is 59.8 Å². The molecule has 0 fully saturated rings. The molecule has 1 heterocycles. The normalized spacial score (nSPS) is 12.9. The van der Waals surface area contributed by atoms with Crippen LogP contribution >= 0.6 is 0 Å². The number of hydrogen-bond donors (Lipinski definition) is 1. The maximum absolute atomic E-state index is 13.4. The number of benzene rings is 3. The molecule has 0 bridgehead atoms. The number of fused-ring (bicyclic) bond motifs is 3. The number of anilines is 1. The third-order valence-electron chi connectivity index (χ3n) is 6.17. The smallest absolute Gasteiger partial charge is 0.221 e. The molecule has 4 rings (SSSR count). The van der Waals surface area contributed by atoms with Crippen LogP contribution in [0.25, 0.3) is 21.8 Å². The average Bonchev–Trinajstić information content (AvgIpc) is 3.14. The third-order valence-corrected chi connectivity index (χ3v) is 6.17. The molecule has 3 aromatic carbocycles. The van der Waals surface area contributed by atoms with Crippen molar-refractivity contribution in [1.29, 1.82) is 0 Å². The summed E-state index contributed by atoms with van der Waals surface area (Å²) in [6.45, 7) is 8.27. The van der Waals surface area contributed by atoms with Gasteiger partial charge in [0.2, 0.25) is 6.29 Å². The van der Waals surface area contributed by atoms with E-state index < -0.39 is 6.29 Å². The van der Waals surface area contributed by atoms with E-state index in [9.17, 15) is 9.90 Å². The Balaban J connectivity index is 1.83. The fraction of sp³-hybridized carbons (Fsp3) is 0.286. The van der Waals surface area contributed by atoms with Crippen LogP contribution in [-0.2, 0) is 11.4 Å². The molecule has 0 aliphatic rings. The standard InChI is InChI=1S/C28H31N3O3/c1-7-31-26-12-8-20(18(3)29-34-19(4)32)15-24(26)25-16-21(9-13-27(25)31)28(33)23-11-10-22(30(5)6)14-17(23)2/h8-16,19,32H,7H2,1-6H3/b29-18+. The molecule has 0 aliphatic heterocycles. The van der Waals surface area contributed by atoms with Crippen molar-refractivity contribution in [2.45, 2.75) is 40.5 Å². The largest absolute Gasteiger partial charge is 0.378 e. The first kappa shape index (κ1) is 23.5. The molecule has 1 unspecified atom stereocenters. The van der Waals surface area contributed by atoms with E-state index in [4.69, 9.17) is 4.84 Å². The van der Waals surface area contributed by atoms with Gasteiger partial charge >= 0.3 is 0 Å². The van der Waals surface area contributed by atoms with Crippen LogP contribution in [0.4, 0.5) is 5.69 Å². The van der Waals surface area contributed by atoms with Crippen LogP contribution in [-0.4, -0.2) is 41.6 Å². The first-order valence-electron chi connectivity index (χ1n) is 11.5. The molecule has 6 nitrogen and oxygen atoms in total. The third kappa shape index (κ3) is 4.29. The van der Waals surface area contributed by atoms with Crippen LogP contribution < -0.4 is 4.90 Å². The number of carbonyl (C=O) groups is 1. The van der Waals surface area contributed by atoms with Gasteiger partial charge < -0.3 is 19.4 Å². The van der Waals surface area contributed by atoms with Gasteiger partial charge in [0, 0.05) is 66.2 Å². The van der Waals surface area contributed by atoms with Gasteiger partial charge in [0.15, 0.2) is 5.78 Å². The lowest BCUT2D eigenvalue weighted by Gasteiger charge is -2.14. The summed E-state index contributed by atoms with van der Waals surface area (Å²) in [6.07, 6.45) is -0.968. The predicted octanol–water partition coefficient (Wildman–Crippen LogP) is 5.50. The number of aliphatic hydroxyl groups is 1. The zero-order chi connectivity index (χ0) is 24.6. The van der Waals surface area contributed by atoms with Crippen LogP contribution in [0.2, 0.25) is 0 Å². The Labute approximate surface area is 200 Å². The van der Waals surface area contributed by atoms with Crippen molar-refractivity contribution in [2.24, 2.45) is 5.16 Å². The summed E-state index contributed by atoms with van der Waals surface area (Å²) < 4.78 is 2.25. The summed E-state index contributed by atoms with van der Waals surface area (Å²) in [6, 6.07) is 18.0. The second-order valence-electron chi connectivity index (χ2n) is 8.81. The molecule has 0 spiro atoms. The topological polar surface area (TPSA) is 67.1 Å². The Morgan fingerprint density at radius 3 is 2.21 bits per heavy atom. The first-order chi connectivity index (χ1) is 16.2. The van der Waals surface area contributed by atoms with Gasteiger partial charge in [0.1, 0.15) is 0 Å². The Bertz CT molecular complexity index is 1410. The van der Waals surface area contributed by atoms with Crippen LogP contribution in [0.3, 0.4) is 0 Å². The molecule has 1 N–H and O–H groups in total. The summed E-state index contributed by atoms with van der Waals surface area (Å²) in [5.41, 5.74) is 7.15. The van der Waals surface area contributed by atoms with E-state index >= 15 is 0 Å². The summed E-state index contributed by atoms with van der Waals surface area (Å²) in [7, 11) is 3.98. The first-order valence-corrected chi connectivity index (χ1v) is 11.5. The van der Waals surface area contributed by atoms with E-state index in [1.54, 1.807) is 0 Å². The second-order valence-corrected chi connectivity index (χ2v) is 8.81. The van der Waals surface area contributed by atoms with Crippen LogP contribution in [0.5, 0.6) is 0 Å². The fourth-order valence-corrected chi connectivity index (χ4v) is 4.36. The predicted molar refractivity (Wildman–Crippen MR) is 139 cm³/mol. The van der Waals surface area contributed by atoms with Crippen molar-refractivity contribution < 1.29 is 14.7 Å². The highest BCUT2D eigenvalue weighted by Crippen LogP contribution is 2.32. The van der Waals surface area contributed by atoms with Crippen molar-refractivity contribution in [3.63, 3.8) is 0 Å². The highest BCUT2D eigenvalue weighted by Gasteiger charge is 2.17. The van der Waals surface area contributed by atoms with E-state index in [-0.39, 0.29) is 5.78 Å². The number of aliphatic hydroxyl groups excluding tert-OH is 1. The van der Waals surface area contributed by atoms with Crippen molar-refractivity contribution >= 4 is 39.0 Å². The zero-order valence-corrected chi connectivity index (χ0v) is 20.6. The Morgan fingerprint density at radius 2 is 1.65 bits per heavy atom. The summed E-state index contributed by atoms with van der Waals surface area (Å²) in [4.78, 5) is 20.5. The van der Waals surface area contributed by atoms with Gasteiger partial charge in [0.25, 0.3) is 0 Å². The molecule has 0 saturated carbocycles. The molecule has 4 aromatic rings. The minimum absolute atomic E-state index is 0.0151. The van der Waals surface area contributed by atoms with Crippen LogP contribution in [0, 0.1) is 6.92 Å². The number of hydrogen-bond acceptors (Lipinski definition) is 5. The van der Waals surface area contributed by atoms with E-state index in [0.717, 1.165) is 45.2 Å². The van der Waals surface area contributed by atoms with Gasteiger partial charge in [-0.25, -0.2) is 0 Å². The Morgan fingerprint density at radius 1 is 1.03 bits per heavy atom. The Hall–Kier alpha value is -3.64. The molecule has 1 atom stereocenters. The minimum Gasteiger partial charge on any atom is -0.378 e. The van der Waals surface area contributed by atoms with Gasteiger partial charge in [0.05, 0.1) is 5.71 Å². The molecular weight excluding hydrogens is 426 g/mol. The Kier molecular flexibility index (Phi) is 6.44. The zero-order valence-electron chi connectivity index (χ0n) is 20.6. The summed E-state index contributed by atoms with van der Waals surface area (Å²) in [5, 5.41) is 15.5. The lowest BCUT2D eigenvalue weighted by Crippen LogP contribution is -2.10. The van der Waals surface area contributed by atoms with Gasteiger partial charge in [-0.05, 0) is 80.4 Å². The van der Waals surface area contributed by atoms with Crippen molar-refractivity contribution in [2.75, 3.05) is 19.0 Å². The molecule has 34 heavy (non-hydrogen) atoms. The molecule has 0 aliphatic carbocycles. The van der Waals surface area contributed by atoms with Crippen molar-refractivity contribution in [1.82, 2.24) is 4.57 Å². The highest BCUT2D eigenvalue weighted by atomic mass is 16.7. The van der Waals surface area contributed by atoms with Crippen LogP contribution in [0.1, 0.15) is 47.8 Å². The average molecular weight is 458 g/mol. The van der Waals surface area contributed by atoms with Crippen molar-refractivity contribution in [3.05, 3.63) is 76.9 Å². The fourth-order valence-electron chi connectivity index (χ4n) is 4.36. The highest BCUT2D eigenvalue weighted by molar-refractivity contribution is 6.16. The number of aryl methyl sites for hydroxylation is 2. The summed E-state index contributed by atoms with van der Waals surface area (Å²) >= 11 is 0. The molecule has 1 aromatic heterocycles. The lowest BCUT2D eigenvalue weighted by molar-refractivity contribution is -0.0837. The number of aromatic nitrogens is 1. The number of nitrogens with zero attached hydrogens (tertiary/aromatic N) is 3. The quantitative estimate of drug-likeness (QED) is 0.172. The summed E-state index contributed by atoms with van der Waals surface area (Å²) in [5.74, 6) is 0.0151.